The second kappa shape index (κ2) is 5.30. The van der Waals surface area contributed by atoms with Crippen LogP contribution < -0.4 is 0 Å². The molecule has 0 unspecified atom stereocenters. The smallest absolute Gasteiger partial charge is 0.0327 e. The second-order valence-corrected chi connectivity index (χ2v) is 6.33. The van der Waals surface area contributed by atoms with Crippen LogP contribution in [0.15, 0.2) is 12.1 Å². The molecule has 0 aliphatic carbocycles. The van der Waals surface area contributed by atoms with Crippen LogP contribution in [0.3, 0.4) is 0 Å². The van der Waals surface area contributed by atoms with Crippen molar-refractivity contribution in [2.75, 3.05) is 27.2 Å². The summed E-state index contributed by atoms with van der Waals surface area (Å²) in [5.41, 5.74) is 0. The molecular formula is C13H22N2S. The van der Waals surface area contributed by atoms with Crippen LogP contribution in [-0.4, -0.2) is 43.0 Å². The van der Waals surface area contributed by atoms with Crippen molar-refractivity contribution in [3.05, 3.63) is 21.9 Å². The van der Waals surface area contributed by atoms with Crippen molar-refractivity contribution in [2.45, 2.75) is 32.4 Å². The number of aryl methyl sites for hydroxylation is 1. The minimum Gasteiger partial charge on any atom is -0.306 e. The molecule has 2 nitrogen and oxygen atoms in total. The zero-order chi connectivity index (χ0) is 11.5. The van der Waals surface area contributed by atoms with Crippen molar-refractivity contribution in [3.8, 4) is 0 Å². The summed E-state index contributed by atoms with van der Waals surface area (Å²) in [5.74, 6) is 0. The summed E-state index contributed by atoms with van der Waals surface area (Å²) in [7, 11) is 4.49. The molecule has 0 amide bonds. The lowest BCUT2D eigenvalue weighted by Gasteiger charge is -2.34. The first-order valence-corrected chi connectivity index (χ1v) is 6.91. The molecule has 0 spiro atoms. The lowest BCUT2D eigenvalue weighted by Crippen LogP contribution is -2.41. The Morgan fingerprint density at radius 2 is 2.06 bits per heavy atom. The minimum atomic E-state index is 0.776. The third-order valence-corrected chi connectivity index (χ3v) is 4.50. The van der Waals surface area contributed by atoms with E-state index in [4.69, 9.17) is 0 Å². The summed E-state index contributed by atoms with van der Waals surface area (Å²) >= 11 is 1.93. The first-order valence-electron chi connectivity index (χ1n) is 6.09. The second-order valence-electron chi connectivity index (χ2n) is 4.96. The van der Waals surface area contributed by atoms with E-state index < -0.39 is 0 Å². The predicted molar refractivity (Wildman–Crippen MR) is 71.0 cm³/mol. The Hall–Kier alpha value is -0.380. The SMILES string of the molecule is Cc1ccc(CN(C)C2CCN(C)CC2)s1. The molecule has 0 radical (unpaired) electrons. The lowest BCUT2D eigenvalue weighted by atomic mass is 10.0. The number of nitrogens with zero attached hydrogens (tertiary/aromatic N) is 2. The molecule has 3 heteroatoms. The van der Waals surface area contributed by atoms with Gasteiger partial charge in [-0.25, -0.2) is 0 Å². The summed E-state index contributed by atoms with van der Waals surface area (Å²) in [6.45, 7) is 5.80. The van der Waals surface area contributed by atoms with Gasteiger partial charge in [-0.05, 0) is 59.1 Å². The van der Waals surface area contributed by atoms with Crippen LogP contribution in [-0.2, 0) is 6.54 Å². The van der Waals surface area contributed by atoms with Gasteiger partial charge in [0.15, 0.2) is 0 Å². The maximum absolute atomic E-state index is 2.53. The average Bonchev–Trinajstić information content (AvgIpc) is 2.65. The largest absolute Gasteiger partial charge is 0.306 e. The van der Waals surface area contributed by atoms with E-state index in [1.807, 2.05) is 11.3 Å². The Kier molecular flexibility index (Phi) is 4.00. The highest BCUT2D eigenvalue weighted by Gasteiger charge is 2.20. The summed E-state index contributed by atoms with van der Waals surface area (Å²) < 4.78 is 0. The van der Waals surface area contributed by atoms with Gasteiger partial charge in [-0.1, -0.05) is 0 Å². The molecule has 2 heterocycles. The van der Waals surface area contributed by atoms with E-state index in [1.54, 1.807) is 0 Å². The highest BCUT2D eigenvalue weighted by atomic mass is 32.1. The molecular weight excluding hydrogens is 216 g/mol. The predicted octanol–water partition coefficient (Wildman–Crippen LogP) is 2.58. The molecule has 1 aliphatic heterocycles. The molecule has 1 saturated heterocycles. The van der Waals surface area contributed by atoms with Crippen molar-refractivity contribution in [1.29, 1.82) is 0 Å². The first kappa shape index (κ1) is 12.1. The molecule has 1 aromatic heterocycles. The highest BCUT2D eigenvalue weighted by molar-refractivity contribution is 7.11. The van der Waals surface area contributed by atoms with Crippen molar-refractivity contribution in [3.63, 3.8) is 0 Å². The van der Waals surface area contributed by atoms with Gasteiger partial charge in [0.05, 0.1) is 0 Å². The van der Waals surface area contributed by atoms with Gasteiger partial charge in [-0.2, -0.15) is 0 Å². The summed E-state index contributed by atoms with van der Waals surface area (Å²) in [6.07, 6.45) is 2.63. The molecule has 90 valence electrons. The maximum atomic E-state index is 2.53. The van der Waals surface area contributed by atoms with Gasteiger partial charge in [0.25, 0.3) is 0 Å². The highest BCUT2D eigenvalue weighted by Crippen LogP contribution is 2.20. The number of rotatable bonds is 3. The van der Waals surface area contributed by atoms with Crippen molar-refractivity contribution in [2.24, 2.45) is 0 Å². The van der Waals surface area contributed by atoms with Gasteiger partial charge in [-0.3, -0.25) is 4.90 Å². The number of piperidine rings is 1. The van der Waals surface area contributed by atoms with Crippen LogP contribution in [0.1, 0.15) is 22.6 Å². The fourth-order valence-electron chi connectivity index (χ4n) is 2.38. The van der Waals surface area contributed by atoms with Crippen LogP contribution in [0.4, 0.5) is 0 Å². The van der Waals surface area contributed by atoms with Gasteiger partial charge < -0.3 is 4.90 Å². The van der Waals surface area contributed by atoms with Crippen LogP contribution in [0.5, 0.6) is 0 Å². The van der Waals surface area contributed by atoms with E-state index in [-0.39, 0.29) is 0 Å². The van der Waals surface area contributed by atoms with Crippen LogP contribution in [0.2, 0.25) is 0 Å². The maximum Gasteiger partial charge on any atom is 0.0327 e. The molecule has 0 saturated carbocycles. The van der Waals surface area contributed by atoms with E-state index in [0.717, 1.165) is 12.6 Å². The third kappa shape index (κ3) is 3.06. The summed E-state index contributed by atoms with van der Waals surface area (Å²) in [6, 6.07) is 5.27. The Bertz CT molecular complexity index is 326. The molecule has 0 aromatic carbocycles. The Labute approximate surface area is 103 Å². The molecule has 0 N–H and O–H groups in total. The molecule has 0 atom stereocenters. The fraction of sp³-hybridized carbons (Fsp3) is 0.692. The molecule has 1 aromatic rings. The van der Waals surface area contributed by atoms with Crippen LogP contribution in [0, 0.1) is 6.92 Å². The summed E-state index contributed by atoms with van der Waals surface area (Å²) in [4.78, 5) is 7.88. The summed E-state index contributed by atoms with van der Waals surface area (Å²) in [5, 5.41) is 0. The Morgan fingerprint density at radius 1 is 1.38 bits per heavy atom. The van der Waals surface area contributed by atoms with Gasteiger partial charge in [-0.15, -0.1) is 11.3 Å². The zero-order valence-corrected chi connectivity index (χ0v) is 11.4. The molecule has 1 aliphatic rings. The van der Waals surface area contributed by atoms with Crippen LogP contribution in [0.25, 0.3) is 0 Å². The van der Waals surface area contributed by atoms with Gasteiger partial charge in [0.2, 0.25) is 0 Å². The fourth-order valence-corrected chi connectivity index (χ4v) is 3.33. The van der Waals surface area contributed by atoms with Crippen molar-refractivity contribution < 1.29 is 0 Å². The van der Waals surface area contributed by atoms with Gasteiger partial charge in [0, 0.05) is 22.3 Å². The first-order chi connectivity index (χ1) is 7.65. The van der Waals surface area contributed by atoms with Crippen molar-refractivity contribution in [1.82, 2.24) is 9.80 Å². The van der Waals surface area contributed by atoms with Crippen LogP contribution >= 0.6 is 11.3 Å². The van der Waals surface area contributed by atoms with Gasteiger partial charge in [0.1, 0.15) is 0 Å². The topological polar surface area (TPSA) is 6.48 Å². The Balaban J connectivity index is 1.85. The Morgan fingerprint density at radius 3 is 2.62 bits per heavy atom. The van der Waals surface area contributed by atoms with Gasteiger partial charge >= 0.3 is 0 Å². The normalized spacial score (nSPS) is 19.5. The van der Waals surface area contributed by atoms with E-state index in [0.29, 0.717) is 0 Å². The van der Waals surface area contributed by atoms with E-state index in [2.05, 4.69) is 43.0 Å². The van der Waals surface area contributed by atoms with E-state index >= 15 is 0 Å². The number of hydrogen-bond acceptors (Lipinski definition) is 3. The number of likely N-dealkylation sites (tertiary alicyclic amines) is 1. The zero-order valence-electron chi connectivity index (χ0n) is 10.6. The monoisotopic (exact) mass is 238 g/mol. The number of hydrogen-bond donors (Lipinski definition) is 0. The lowest BCUT2D eigenvalue weighted by molar-refractivity contribution is 0.140. The number of thiophene rings is 1. The van der Waals surface area contributed by atoms with E-state index in [9.17, 15) is 0 Å². The third-order valence-electron chi connectivity index (χ3n) is 3.51. The quantitative estimate of drug-likeness (QED) is 0.798. The van der Waals surface area contributed by atoms with E-state index in [1.165, 1.54) is 35.7 Å². The molecule has 2 rings (SSSR count). The minimum absolute atomic E-state index is 0.776. The average molecular weight is 238 g/mol. The van der Waals surface area contributed by atoms with Crippen molar-refractivity contribution >= 4 is 11.3 Å². The molecule has 1 fully saturated rings. The standard InChI is InChI=1S/C13H22N2S/c1-11-4-5-13(16-11)10-15(3)12-6-8-14(2)9-7-12/h4-5,12H,6-10H2,1-3H3. The molecule has 0 bridgehead atoms. The molecule has 16 heavy (non-hydrogen) atoms.